The van der Waals surface area contributed by atoms with E-state index in [4.69, 9.17) is 11.6 Å². The Bertz CT molecular complexity index is 594. The summed E-state index contributed by atoms with van der Waals surface area (Å²) in [6.45, 7) is 4.12. The van der Waals surface area contributed by atoms with Crippen LogP contribution in [0.2, 0.25) is 5.15 Å². The summed E-state index contributed by atoms with van der Waals surface area (Å²) in [5.74, 6) is -0.0888. The third kappa shape index (κ3) is 2.87. The topological polar surface area (TPSA) is 42.0 Å². The van der Waals surface area contributed by atoms with E-state index in [1.54, 1.807) is 6.20 Å². The molecule has 3 nitrogen and oxygen atoms in total. The van der Waals surface area contributed by atoms with Gasteiger partial charge in [-0.15, -0.1) is 0 Å². The second-order valence-electron chi connectivity index (χ2n) is 4.50. The van der Waals surface area contributed by atoms with Gasteiger partial charge in [-0.1, -0.05) is 49.7 Å². The van der Waals surface area contributed by atoms with Crippen molar-refractivity contribution in [1.82, 2.24) is 10.3 Å². The van der Waals surface area contributed by atoms with Gasteiger partial charge in [0.2, 0.25) is 0 Å². The maximum absolute atomic E-state index is 12.3. The van der Waals surface area contributed by atoms with Crippen LogP contribution in [0.1, 0.15) is 37.0 Å². The van der Waals surface area contributed by atoms with Gasteiger partial charge in [0, 0.05) is 17.6 Å². The first-order chi connectivity index (χ1) is 9.17. The van der Waals surface area contributed by atoms with Gasteiger partial charge in [0.25, 0.3) is 5.91 Å². The van der Waals surface area contributed by atoms with E-state index >= 15 is 0 Å². The van der Waals surface area contributed by atoms with E-state index in [1.807, 2.05) is 24.3 Å². The molecular weight excluding hydrogens is 260 g/mol. The first kappa shape index (κ1) is 13.8. The number of rotatable bonds is 4. The third-order valence-corrected chi connectivity index (χ3v) is 3.61. The standard InChI is InChI=1S/C15H17ClN2O/c1-3-10(4-2)18-15(19)13-9-17-14(16)12-8-6-5-7-11(12)13/h5-10H,3-4H2,1-2H3,(H,18,19). The Hall–Kier alpha value is -1.61. The Morgan fingerprint density at radius 1 is 1.26 bits per heavy atom. The highest BCUT2D eigenvalue weighted by Gasteiger charge is 2.15. The van der Waals surface area contributed by atoms with E-state index in [-0.39, 0.29) is 11.9 Å². The lowest BCUT2D eigenvalue weighted by Crippen LogP contribution is -2.34. The molecule has 2 rings (SSSR count). The van der Waals surface area contributed by atoms with Crippen molar-refractivity contribution in [3.8, 4) is 0 Å². The highest BCUT2D eigenvalue weighted by molar-refractivity contribution is 6.34. The van der Waals surface area contributed by atoms with Gasteiger partial charge in [-0.05, 0) is 18.2 Å². The Morgan fingerprint density at radius 2 is 1.89 bits per heavy atom. The Labute approximate surface area is 118 Å². The highest BCUT2D eigenvalue weighted by atomic mass is 35.5. The maximum Gasteiger partial charge on any atom is 0.253 e. The summed E-state index contributed by atoms with van der Waals surface area (Å²) in [6.07, 6.45) is 3.38. The fraction of sp³-hybridized carbons (Fsp3) is 0.333. The first-order valence-corrected chi connectivity index (χ1v) is 6.89. The van der Waals surface area contributed by atoms with E-state index in [0.29, 0.717) is 10.7 Å². The summed E-state index contributed by atoms with van der Waals surface area (Å²) in [6, 6.07) is 7.75. The van der Waals surface area contributed by atoms with Crippen LogP contribution in [-0.2, 0) is 0 Å². The second-order valence-corrected chi connectivity index (χ2v) is 4.85. The number of halogens is 1. The average molecular weight is 277 g/mol. The van der Waals surface area contributed by atoms with Crippen LogP contribution in [0.4, 0.5) is 0 Å². The summed E-state index contributed by atoms with van der Waals surface area (Å²) in [5, 5.41) is 5.09. The van der Waals surface area contributed by atoms with Gasteiger partial charge in [0.05, 0.1) is 5.56 Å². The second kappa shape index (κ2) is 6.02. The largest absolute Gasteiger partial charge is 0.349 e. The summed E-state index contributed by atoms with van der Waals surface area (Å²) < 4.78 is 0. The molecule has 0 spiro atoms. The van der Waals surface area contributed by atoms with Gasteiger partial charge in [-0.2, -0.15) is 0 Å². The molecule has 1 aromatic heterocycles. The quantitative estimate of drug-likeness (QED) is 0.863. The fourth-order valence-corrected chi connectivity index (χ4v) is 2.31. The van der Waals surface area contributed by atoms with Gasteiger partial charge in [-0.3, -0.25) is 4.79 Å². The minimum Gasteiger partial charge on any atom is -0.349 e. The molecule has 4 heteroatoms. The molecule has 2 aromatic rings. The maximum atomic E-state index is 12.3. The predicted octanol–water partition coefficient (Wildman–Crippen LogP) is 3.81. The zero-order chi connectivity index (χ0) is 13.8. The van der Waals surface area contributed by atoms with Crippen molar-refractivity contribution in [2.45, 2.75) is 32.7 Å². The van der Waals surface area contributed by atoms with Crippen LogP contribution in [0.15, 0.2) is 30.5 Å². The van der Waals surface area contributed by atoms with E-state index in [0.717, 1.165) is 23.6 Å². The fourth-order valence-electron chi connectivity index (χ4n) is 2.10. The van der Waals surface area contributed by atoms with Crippen molar-refractivity contribution in [3.63, 3.8) is 0 Å². The monoisotopic (exact) mass is 276 g/mol. The lowest BCUT2D eigenvalue weighted by molar-refractivity contribution is 0.0936. The molecule has 1 N–H and O–H groups in total. The summed E-state index contributed by atoms with van der Waals surface area (Å²) in [5.41, 5.74) is 0.576. The number of nitrogens with zero attached hydrogens (tertiary/aromatic N) is 1. The van der Waals surface area contributed by atoms with Gasteiger partial charge in [-0.25, -0.2) is 4.98 Å². The van der Waals surface area contributed by atoms with Crippen LogP contribution in [0.25, 0.3) is 10.8 Å². The van der Waals surface area contributed by atoms with Crippen LogP contribution in [0, 0.1) is 0 Å². The molecule has 100 valence electrons. The molecule has 0 aliphatic carbocycles. The van der Waals surface area contributed by atoms with E-state index in [1.165, 1.54) is 0 Å². The van der Waals surface area contributed by atoms with Crippen LogP contribution >= 0.6 is 11.6 Å². The lowest BCUT2D eigenvalue weighted by Gasteiger charge is -2.15. The number of nitrogens with one attached hydrogen (secondary N) is 1. The van der Waals surface area contributed by atoms with E-state index in [2.05, 4.69) is 24.1 Å². The number of benzene rings is 1. The number of fused-ring (bicyclic) bond motifs is 1. The molecule has 1 aromatic carbocycles. The van der Waals surface area contributed by atoms with Crippen molar-refractivity contribution < 1.29 is 4.79 Å². The molecule has 1 amide bonds. The van der Waals surface area contributed by atoms with E-state index < -0.39 is 0 Å². The molecule has 0 saturated heterocycles. The molecule has 0 radical (unpaired) electrons. The predicted molar refractivity (Wildman–Crippen MR) is 78.6 cm³/mol. The van der Waals surface area contributed by atoms with Gasteiger partial charge in [0.15, 0.2) is 0 Å². The Morgan fingerprint density at radius 3 is 2.53 bits per heavy atom. The molecule has 0 bridgehead atoms. The van der Waals surface area contributed by atoms with Crippen molar-refractivity contribution in [2.75, 3.05) is 0 Å². The van der Waals surface area contributed by atoms with Crippen LogP contribution in [0.5, 0.6) is 0 Å². The normalized spacial score (nSPS) is 10.9. The number of hydrogen-bond donors (Lipinski definition) is 1. The summed E-state index contributed by atoms with van der Waals surface area (Å²) >= 11 is 6.05. The third-order valence-electron chi connectivity index (χ3n) is 3.31. The molecule has 0 fully saturated rings. The van der Waals surface area contributed by atoms with Crippen molar-refractivity contribution in [3.05, 3.63) is 41.2 Å². The first-order valence-electron chi connectivity index (χ1n) is 6.51. The van der Waals surface area contributed by atoms with Gasteiger partial charge >= 0.3 is 0 Å². The zero-order valence-corrected chi connectivity index (χ0v) is 11.9. The summed E-state index contributed by atoms with van der Waals surface area (Å²) in [4.78, 5) is 16.4. The molecule has 0 aliphatic heterocycles. The van der Waals surface area contributed by atoms with Crippen molar-refractivity contribution >= 4 is 28.3 Å². The Kier molecular flexibility index (Phi) is 4.38. The number of hydrogen-bond acceptors (Lipinski definition) is 2. The highest BCUT2D eigenvalue weighted by Crippen LogP contribution is 2.24. The molecule has 0 atom stereocenters. The molecule has 0 saturated carbocycles. The smallest absolute Gasteiger partial charge is 0.253 e. The molecule has 1 heterocycles. The number of amides is 1. The van der Waals surface area contributed by atoms with Crippen molar-refractivity contribution in [2.24, 2.45) is 0 Å². The SMILES string of the molecule is CCC(CC)NC(=O)c1cnc(Cl)c2ccccc12. The number of pyridine rings is 1. The number of aromatic nitrogens is 1. The Balaban J connectivity index is 2.40. The van der Waals surface area contributed by atoms with Crippen LogP contribution in [-0.4, -0.2) is 16.9 Å². The number of carbonyl (C=O) groups excluding carboxylic acids is 1. The molecule has 0 aliphatic rings. The molecular formula is C15H17ClN2O. The van der Waals surface area contributed by atoms with E-state index in [9.17, 15) is 4.79 Å². The van der Waals surface area contributed by atoms with Gasteiger partial charge in [0.1, 0.15) is 5.15 Å². The average Bonchev–Trinajstić information content (AvgIpc) is 2.45. The zero-order valence-electron chi connectivity index (χ0n) is 11.1. The molecule has 0 unspecified atom stereocenters. The number of carbonyl (C=O) groups is 1. The van der Waals surface area contributed by atoms with Gasteiger partial charge < -0.3 is 5.32 Å². The van der Waals surface area contributed by atoms with Crippen LogP contribution < -0.4 is 5.32 Å². The lowest BCUT2D eigenvalue weighted by atomic mass is 10.1. The minimum absolute atomic E-state index is 0.0888. The molecule has 19 heavy (non-hydrogen) atoms. The van der Waals surface area contributed by atoms with Crippen LogP contribution in [0.3, 0.4) is 0 Å². The summed E-state index contributed by atoms with van der Waals surface area (Å²) in [7, 11) is 0. The minimum atomic E-state index is -0.0888. The van der Waals surface area contributed by atoms with Crippen molar-refractivity contribution in [1.29, 1.82) is 0 Å².